The van der Waals surface area contributed by atoms with Gasteiger partial charge in [0.1, 0.15) is 0 Å². The number of nitrogens with zero attached hydrogens (tertiary/aromatic N) is 5. The van der Waals surface area contributed by atoms with Crippen LogP contribution in [0.2, 0.25) is 0 Å². The van der Waals surface area contributed by atoms with Crippen LogP contribution in [0.15, 0.2) is 30.3 Å². The summed E-state index contributed by atoms with van der Waals surface area (Å²) in [6, 6.07) is 9.99. The molecule has 0 radical (unpaired) electrons. The quantitative estimate of drug-likeness (QED) is 0.816. The van der Waals surface area contributed by atoms with Crippen LogP contribution in [0.3, 0.4) is 0 Å². The second-order valence-corrected chi connectivity index (χ2v) is 4.68. The Bertz CT molecular complexity index is 567. The lowest BCUT2D eigenvalue weighted by Gasteiger charge is -2.27. The lowest BCUT2D eigenvalue weighted by atomic mass is 10.1. The van der Waals surface area contributed by atoms with Gasteiger partial charge < -0.3 is 5.73 Å². The van der Waals surface area contributed by atoms with Gasteiger partial charge in [-0.05, 0) is 22.9 Å². The van der Waals surface area contributed by atoms with Crippen LogP contribution in [0.1, 0.15) is 24.4 Å². The minimum Gasteiger partial charge on any atom is -0.369 e. The van der Waals surface area contributed by atoms with Gasteiger partial charge in [0, 0.05) is 13.1 Å². The second kappa shape index (κ2) is 6.25. The van der Waals surface area contributed by atoms with E-state index in [1.807, 2.05) is 42.2 Å². The van der Waals surface area contributed by atoms with Crippen LogP contribution in [0.5, 0.6) is 0 Å². The number of tetrazole rings is 1. The molecule has 0 spiro atoms. The molecule has 7 nitrogen and oxygen atoms in total. The minimum atomic E-state index is -0.372. The molecule has 0 saturated carbocycles. The minimum absolute atomic E-state index is 0.0420. The molecule has 1 amide bonds. The van der Waals surface area contributed by atoms with E-state index in [0.29, 0.717) is 12.4 Å². The molecule has 2 aromatic rings. The summed E-state index contributed by atoms with van der Waals surface area (Å²) >= 11 is 0. The molecule has 0 saturated heterocycles. The number of carbonyl (C=O) groups is 1. The number of primary amides is 1. The Hall–Kier alpha value is -2.28. The molecule has 0 unspecified atom stereocenters. The largest absolute Gasteiger partial charge is 0.369 e. The number of aromatic nitrogens is 4. The summed E-state index contributed by atoms with van der Waals surface area (Å²) in [5.41, 5.74) is 6.45. The maximum atomic E-state index is 11.3. The maximum Gasteiger partial charge on any atom is 0.231 e. The molecule has 7 heteroatoms. The van der Waals surface area contributed by atoms with Gasteiger partial charge in [0.25, 0.3) is 0 Å². The summed E-state index contributed by atoms with van der Waals surface area (Å²) in [5.74, 6) is 0.317. The number of hydrogen-bond donors (Lipinski definition) is 1. The molecule has 20 heavy (non-hydrogen) atoms. The van der Waals surface area contributed by atoms with Crippen LogP contribution in [0.4, 0.5) is 0 Å². The van der Waals surface area contributed by atoms with Crippen molar-refractivity contribution < 1.29 is 4.79 Å². The molecule has 1 atom stereocenters. The summed E-state index contributed by atoms with van der Waals surface area (Å²) in [4.78, 5) is 13.2. The third-order valence-electron chi connectivity index (χ3n) is 3.24. The molecular formula is C13H18N6O. The normalized spacial score (nSPS) is 12.6. The van der Waals surface area contributed by atoms with Crippen LogP contribution >= 0.6 is 0 Å². The van der Waals surface area contributed by atoms with Crippen molar-refractivity contribution in [2.24, 2.45) is 12.8 Å². The Labute approximate surface area is 117 Å². The monoisotopic (exact) mass is 274 g/mol. The lowest BCUT2D eigenvalue weighted by molar-refractivity contribution is -0.119. The molecule has 0 bridgehead atoms. The summed E-state index contributed by atoms with van der Waals surface area (Å²) < 4.78 is 1.59. The van der Waals surface area contributed by atoms with Crippen molar-refractivity contribution in [3.8, 4) is 0 Å². The van der Waals surface area contributed by atoms with Crippen LogP contribution in [0.25, 0.3) is 0 Å². The van der Waals surface area contributed by atoms with E-state index >= 15 is 0 Å². The van der Waals surface area contributed by atoms with Gasteiger partial charge in [-0.1, -0.05) is 30.3 Å². The first-order valence-electron chi connectivity index (χ1n) is 6.36. The number of rotatable bonds is 6. The molecule has 1 aromatic heterocycles. The third-order valence-corrected chi connectivity index (χ3v) is 3.24. The summed E-state index contributed by atoms with van der Waals surface area (Å²) in [6.45, 7) is 2.65. The van der Waals surface area contributed by atoms with Crippen molar-refractivity contribution in [3.05, 3.63) is 41.7 Å². The number of benzene rings is 1. The second-order valence-electron chi connectivity index (χ2n) is 4.68. The lowest BCUT2D eigenvalue weighted by Crippen LogP contribution is -2.36. The Morgan fingerprint density at radius 2 is 2.10 bits per heavy atom. The van der Waals surface area contributed by atoms with Crippen molar-refractivity contribution in [1.82, 2.24) is 25.1 Å². The molecule has 1 aromatic carbocycles. The van der Waals surface area contributed by atoms with Crippen LogP contribution in [-0.2, 0) is 18.4 Å². The molecule has 2 N–H and O–H groups in total. The van der Waals surface area contributed by atoms with Crippen LogP contribution in [-0.4, -0.2) is 37.6 Å². The highest BCUT2D eigenvalue weighted by molar-refractivity contribution is 5.76. The van der Waals surface area contributed by atoms with Crippen molar-refractivity contribution in [2.75, 3.05) is 6.54 Å². The zero-order valence-electron chi connectivity index (χ0n) is 11.6. The summed E-state index contributed by atoms with van der Waals surface area (Å²) in [6.07, 6.45) is 0. The Morgan fingerprint density at radius 3 is 2.65 bits per heavy atom. The Morgan fingerprint density at radius 1 is 1.40 bits per heavy atom. The zero-order valence-corrected chi connectivity index (χ0v) is 11.6. The van der Waals surface area contributed by atoms with Crippen molar-refractivity contribution >= 4 is 5.91 Å². The molecule has 0 aliphatic heterocycles. The molecule has 0 aliphatic rings. The van der Waals surface area contributed by atoms with E-state index in [-0.39, 0.29) is 18.5 Å². The van der Waals surface area contributed by atoms with E-state index in [2.05, 4.69) is 15.5 Å². The van der Waals surface area contributed by atoms with Gasteiger partial charge in [0.15, 0.2) is 5.82 Å². The van der Waals surface area contributed by atoms with E-state index in [9.17, 15) is 4.79 Å². The average molecular weight is 274 g/mol. The first-order valence-corrected chi connectivity index (χ1v) is 6.36. The van der Waals surface area contributed by atoms with Gasteiger partial charge in [-0.2, -0.15) is 0 Å². The van der Waals surface area contributed by atoms with E-state index in [1.54, 1.807) is 11.7 Å². The van der Waals surface area contributed by atoms with E-state index in [4.69, 9.17) is 5.73 Å². The highest BCUT2D eigenvalue weighted by Gasteiger charge is 2.20. The molecular weight excluding hydrogens is 256 g/mol. The van der Waals surface area contributed by atoms with Gasteiger partial charge in [-0.3, -0.25) is 9.69 Å². The highest BCUT2D eigenvalue weighted by Crippen LogP contribution is 2.20. The number of hydrogen-bond acceptors (Lipinski definition) is 5. The molecule has 0 aliphatic carbocycles. The SMILES string of the molecule is C[C@H](c1ccccc1)N(CC(N)=O)Cc1nnnn1C. The fourth-order valence-electron chi connectivity index (χ4n) is 2.04. The molecule has 1 heterocycles. The summed E-state index contributed by atoms with van der Waals surface area (Å²) in [5, 5.41) is 11.3. The van der Waals surface area contributed by atoms with Gasteiger partial charge >= 0.3 is 0 Å². The predicted molar refractivity (Wildman–Crippen MR) is 73.3 cm³/mol. The fraction of sp³-hybridized carbons (Fsp3) is 0.385. The van der Waals surface area contributed by atoms with Gasteiger partial charge in [0.2, 0.25) is 5.91 Å². The predicted octanol–water partition coefficient (Wildman–Crippen LogP) is 0.259. The first kappa shape index (κ1) is 14.1. The topological polar surface area (TPSA) is 89.9 Å². The maximum absolute atomic E-state index is 11.3. The van der Waals surface area contributed by atoms with E-state index < -0.39 is 0 Å². The average Bonchev–Trinajstić information content (AvgIpc) is 2.83. The first-order chi connectivity index (χ1) is 9.58. The number of nitrogens with two attached hydrogens (primary N) is 1. The van der Waals surface area contributed by atoms with Gasteiger partial charge in [-0.15, -0.1) is 5.10 Å². The number of carbonyl (C=O) groups excluding carboxylic acids is 1. The molecule has 106 valence electrons. The third kappa shape index (κ3) is 3.39. The van der Waals surface area contributed by atoms with E-state index in [1.165, 1.54) is 0 Å². The van der Waals surface area contributed by atoms with Crippen molar-refractivity contribution in [1.29, 1.82) is 0 Å². The molecule has 0 fully saturated rings. The van der Waals surface area contributed by atoms with Crippen LogP contribution in [0, 0.1) is 0 Å². The van der Waals surface area contributed by atoms with Gasteiger partial charge in [-0.25, -0.2) is 4.68 Å². The van der Waals surface area contributed by atoms with E-state index in [0.717, 1.165) is 5.56 Å². The number of aryl methyl sites for hydroxylation is 1. The van der Waals surface area contributed by atoms with Crippen molar-refractivity contribution in [3.63, 3.8) is 0 Å². The standard InChI is InChI=1S/C13H18N6O/c1-10(11-6-4-3-5-7-11)19(8-12(14)20)9-13-15-16-17-18(13)2/h3-7,10H,8-9H2,1-2H3,(H2,14,20)/t10-/m1/s1. The van der Waals surface area contributed by atoms with Crippen molar-refractivity contribution in [2.45, 2.75) is 19.5 Å². The Kier molecular flexibility index (Phi) is 4.41. The number of amides is 1. The van der Waals surface area contributed by atoms with Gasteiger partial charge in [0.05, 0.1) is 13.1 Å². The fourth-order valence-corrected chi connectivity index (χ4v) is 2.04. The smallest absolute Gasteiger partial charge is 0.231 e. The van der Waals surface area contributed by atoms with Crippen LogP contribution < -0.4 is 5.73 Å². The highest BCUT2D eigenvalue weighted by atomic mass is 16.1. The summed E-state index contributed by atoms with van der Waals surface area (Å²) in [7, 11) is 1.77. The zero-order chi connectivity index (χ0) is 14.5. The molecule has 2 rings (SSSR count). The Balaban J connectivity index is 2.19.